The number of hydrogen-bond acceptors (Lipinski definition) is 3. The van der Waals surface area contributed by atoms with Crippen LogP contribution >= 0.6 is 0 Å². The quantitative estimate of drug-likeness (QED) is 0.560. The summed E-state index contributed by atoms with van der Waals surface area (Å²) < 4.78 is 65.0. The van der Waals surface area contributed by atoms with E-state index in [4.69, 9.17) is 0 Å². The summed E-state index contributed by atoms with van der Waals surface area (Å²) in [5, 5.41) is 2.66. The summed E-state index contributed by atoms with van der Waals surface area (Å²) in [6.45, 7) is 0.222. The van der Waals surface area contributed by atoms with Gasteiger partial charge in [-0.2, -0.15) is 13.2 Å². The summed E-state index contributed by atoms with van der Waals surface area (Å²) in [7, 11) is -3.78. The zero-order chi connectivity index (χ0) is 22.5. The lowest BCUT2D eigenvalue weighted by Crippen LogP contribution is -2.25. The summed E-state index contributed by atoms with van der Waals surface area (Å²) in [6.07, 6.45) is -4.03. The van der Waals surface area contributed by atoms with E-state index in [-0.39, 0.29) is 17.0 Å². The molecular weight excluding hydrogens is 429 g/mol. The first-order valence-corrected chi connectivity index (χ1v) is 10.8. The monoisotopic (exact) mass is 448 g/mol. The molecule has 0 heterocycles. The number of sulfonamides is 1. The van der Waals surface area contributed by atoms with Gasteiger partial charge in [-0.15, -0.1) is 0 Å². The normalized spacial score (nSPS) is 11.7. The molecule has 0 aromatic heterocycles. The van der Waals surface area contributed by atoms with E-state index < -0.39 is 27.7 Å². The van der Waals surface area contributed by atoms with Gasteiger partial charge < -0.3 is 5.32 Å². The molecule has 0 radical (unpaired) electrons. The third kappa shape index (κ3) is 6.08. The average molecular weight is 448 g/mol. The minimum absolute atomic E-state index is 0.0117. The van der Waals surface area contributed by atoms with Gasteiger partial charge in [-0.05, 0) is 60.5 Å². The second-order valence-electron chi connectivity index (χ2n) is 6.70. The molecule has 0 aliphatic carbocycles. The Balaban J connectivity index is 1.55. The molecule has 1 amide bonds. The summed E-state index contributed by atoms with van der Waals surface area (Å²) in [4.78, 5) is 12.3. The van der Waals surface area contributed by atoms with Crippen molar-refractivity contribution < 1.29 is 26.4 Å². The van der Waals surface area contributed by atoms with E-state index in [0.717, 1.165) is 12.1 Å². The maximum atomic E-state index is 12.6. The molecule has 0 fully saturated rings. The van der Waals surface area contributed by atoms with E-state index in [1.807, 2.05) is 0 Å². The molecule has 3 aromatic rings. The number of carbonyl (C=O) groups is 1. The van der Waals surface area contributed by atoms with E-state index >= 15 is 0 Å². The van der Waals surface area contributed by atoms with Crippen LogP contribution in [-0.4, -0.2) is 20.9 Å². The lowest BCUT2D eigenvalue weighted by Gasteiger charge is -2.10. The van der Waals surface area contributed by atoms with Crippen molar-refractivity contribution in [1.29, 1.82) is 0 Å². The van der Waals surface area contributed by atoms with Crippen LogP contribution in [-0.2, 0) is 22.6 Å². The van der Waals surface area contributed by atoms with Crippen LogP contribution in [0, 0.1) is 0 Å². The molecule has 0 aliphatic rings. The molecule has 0 bridgehead atoms. The number of alkyl halides is 3. The molecule has 3 rings (SSSR count). The molecule has 0 spiro atoms. The standard InChI is InChI=1S/C22H19F3N2O3S/c23-22(24,25)18-10-6-16(7-11-18)14-15-26-21(28)17-8-12-20(13-9-17)31(29,30)27-19-4-2-1-3-5-19/h1-13,27H,14-15H2,(H,26,28). The van der Waals surface area contributed by atoms with Crippen molar-refractivity contribution in [3.8, 4) is 0 Å². The number of carbonyl (C=O) groups excluding carboxylic acids is 1. The van der Waals surface area contributed by atoms with E-state index in [1.54, 1.807) is 30.3 Å². The minimum Gasteiger partial charge on any atom is -0.352 e. The Morgan fingerprint density at radius 3 is 2.03 bits per heavy atom. The van der Waals surface area contributed by atoms with Gasteiger partial charge in [0.25, 0.3) is 15.9 Å². The highest BCUT2D eigenvalue weighted by Crippen LogP contribution is 2.29. The van der Waals surface area contributed by atoms with E-state index in [9.17, 15) is 26.4 Å². The Morgan fingerprint density at radius 1 is 0.839 bits per heavy atom. The van der Waals surface area contributed by atoms with E-state index in [0.29, 0.717) is 17.7 Å². The third-order valence-corrected chi connectivity index (χ3v) is 5.83. The van der Waals surface area contributed by atoms with Crippen molar-refractivity contribution in [3.63, 3.8) is 0 Å². The molecule has 3 aromatic carbocycles. The van der Waals surface area contributed by atoms with Crippen LogP contribution in [0.3, 0.4) is 0 Å². The summed E-state index contributed by atoms with van der Waals surface area (Å²) in [5.74, 6) is -0.410. The molecule has 0 atom stereocenters. The number of anilines is 1. The van der Waals surface area contributed by atoms with Gasteiger partial charge in [-0.25, -0.2) is 8.42 Å². The summed E-state index contributed by atoms with van der Waals surface area (Å²) in [6, 6.07) is 18.6. The minimum atomic E-state index is -4.39. The number of halogens is 3. The maximum absolute atomic E-state index is 12.6. The SMILES string of the molecule is O=C(NCCc1ccc(C(F)(F)F)cc1)c1ccc(S(=O)(=O)Nc2ccccc2)cc1. The van der Waals surface area contributed by atoms with Crippen LogP contribution in [0.15, 0.2) is 83.8 Å². The summed E-state index contributed by atoms with van der Waals surface area (Å²) >= 11 is 0. The Bertz CT molecular complexity index is 1130. The Kier molecular flexibility index (Phi) is 6.65. The lowest BCUT2D eigenvalue weighted by molar-refractivity contribution is -0.137. The number of nitrogens with one attached hydrogen (secondary N) is 2. The first-order chi connectivity index (χ1) is 14.6. The van der Waals surface area contributed by atoms with Crippen LogP contribution in [0.25, 0.3) is 0 Å². The van der Waals surface area contributed by atoms with Crippen molar-refractivity contribution in [2.24, 2.45) is 0 Å². The molecule has 0 saturated heterocycles. The topological polar surface area (TPSA) is 75.3 Å². The smallest absolute Gasteiger partial charge is 0.352 e. The third-order valence-electron chi connectivity index (χ3n) is 4.43. The molecule has 0 saturated carbocycles. The van der Waals surface area contributed by atoms with Crippen molar-refractivity contribution in [2.75, 3.05) is 11.3 Å². The van der Waals surface area contributed by atoms with Crippen molar-refractivity contribution in [3.05, 3.63) is 95.6 Å². The zero-order valence-corrected chi connectivity index (χ0v) is 17.0. The first kappa shape index (κ1) is 22.4. The maximum Gasteiger partial charge on any atom is 0.416 e. The van der Waals surface area contributed by atoms with Crippen molar-refractivity contribution in [1.82, 2.24) is 5.32 Å². The highest BCUT2D eigenvalue weighted by molar-refractivity contribution is 7.92. The van der Waals surface area contributed by atoms with Crippen LogP contribution < -0.4 is 10.0 Å². The van der Waals surface area contributed by atoms with Gasteiger partial charge in [-0.1, -0.05) is 30.3 Å². The number of hydrogen-bond donors (Lipinski definition) is 2. The molecule has 31 heavy (non-hydrogen) atoms. The number of amides is 1. The van der Waals surface area contributed by atoms with Gasteiger partial charge in [0.1, 0.15) is 0 Å². The largest absolute Gasteiger partial charge is 0.416 e. The number of para-hydroxylation sites is 1. The first-order valence-electron chi connectivity index (χ1n) is 9.27. The fraction of sp³-hybridized carbons (Fsp3) is 0.136. The summed E-state index contributed by atoms with van der Waals surface area (Å²) in [5.41, 5.74) is 0.623. The van der Waals surface area contributed by atoms with Crippen LogP contribution in [0.1, 0.15) is 21.5 Å². The fourth-order valence-electron chi connectivity index (χ4n) is 2.79. The van der Waals surface area contributed by atoms with Gasteiger partial charge in [-0.3, -0.25) is 9.52 Å². The lowest BCUT2D eigenvalue weighted by atomic mass is 10.1. The predicted octanol–water partition coefficient (Wildman–Crippen LogP) is 4.48. The van der Waals surface area contributed by atoms with Crippen LogP contribution in [0.2, 0.25) is 0 Å². The Morgan fingerprint density at radius 2 is 1.45 bits per heavy atom. The van der Waals surface area contributed by atoms with Crippen LogP contribution in [0.4, 0.5) is 18.9 Å². The van der Waals surface area contributed by atoms with Gasteiger partial charge in [0.2, 0.25) is 0 Å². The molecule has 162 valence electrons. The van der Waals surface area contributed by atoms with E-state index in [2.05, 4.69) is 10.0 Å². The number of rotatable bonds is 7. The second kappa shape index (κ2) is 9.22. The van der Waals surface area contributed by atoms with Gasteiger partial charge in [0.15, 0.2) is 0 Å². The molecular formula is C22H19F3N2O3S. The Labute approximate surface area is 178 Å². The highest BCUT2D eigenvalue weighted by atomic mass is 32.2. The molecule has 2 N–H and O–H groups in total. The fourth-order valence-corrected chi connectivity index (χ4v) is 3.85. The second-order valence-corrected chi connectivity index (χ2v) is 8.38. The Hall–Kier alpha value is -3.33. The van der Waals surface area contributed by atoms with Crippen molar-refractivity contribution >= 4 is 21.6 Å². The molecule has 5 nitrogen and oxygen atoms in total. The molecule has 0 aliphatic heterocycles. The van der Waals surface area contributed by atoms with Gasteiger partial charge >= 0.3 is 6.18 Å². The van der Waals surface area contributed by atoms with Gasteiger partial charge in [0, 0.05) is 17.8 Å². The van der Waals surface area contributed by atoms with Crippen molar-refractivity contribution in [2.45, 2.75) is 17.5 Å². The van der Waals surface area contributed by atoms with Gasteiger partial charge in [0.05, 0.1) is 10.5 Å². The molecule has 9 heteroatoms. The van der Waals surface area contributed by atoms with E-state index in [1.165, 1.54) is 36.4 Å². The average Bonchev–Trinajstić information content (AvgIpc) is 2.74. The number of benzene rings is 3. The van der Waals surface area contributed by atoms with Crippen LogP contribution in [0.5, 0.6) is 0 Å². The zero-order valence-electron chi connectivity index (χ0n) is 16.2. The predicted molar refractivity (Wildman–Crippen MR) is 111 cm³/mol. The highest BCUT2D eigenvalue weighted by Gasteiger charge is 2.29. The molecule has 0 unspecified atom stereocenters.